The summed E-state index contributed by atoms with van der Waals surface area (Å²) in [7, 11) is -0.200. The van der Waals surface area contributed by atoms with Gasteiger partial charge in [0.15, 0.2) is 5.00 Å². The highest BCUT2D eigenvalue weighted by Crippen LogP contribution is 2.38. The van der Waals surface area contributed by atoms with Gasteiger partial charge in [-0.25, -0.2) is 8.42 Å². The van der Waals surface area contributed by atoms with Gasteiger partial charge in [-0.1, -0.05) is 11.3 Å². The Kier molecular flexibility index (Phi) is 4.51. The molecule has 1 N–H and O–H groups in total. The van der Waals surface area contributed by atoms with Gasteiger partial charge in [-0.05, 0) is 14.0 Å². The lowest BCUT2D eigenvalue weighted by molar-refractivity contribution is -0.383. The maximum absolute atomic E-state index is 12.6. The molecule has 1 aliphatic heterocycles. The van der Waals surface area contributed by atoms with Gasteiger partial charge in [0.05, 0.1) is 4.92 Å². The van der Waals surface area contributed by atoms with Crippen molar-refractivity contribution >= 4 is 32.0 Å². The van der Waals surface area contributed by atoms with Crippen LogP contribution >= 0.6 is 11.3 Å². The zero-order valence-electron chi connectivity index (χ0n) is 12.1. The molecule has 1 aromatic heterocycles. The number of nitrogens with zero attached hydrogens (tertiary/aromatic N) is 3. The van der Waals surface area contributed by atoms with Crippen LogP contribution in [0.25, 0.3) is 0 Å². The first-order valence-electron chi connectivity index (χ1n) is 6.43. The van der Waals surface area contributed by atoms with E-state index in [-0.39, 0.29) is 20.9 Å². The zero-order chi connectivity index (χ0) is 15.8. The van der Waals surface area contributed by atoms with Crippen LogP contribution in [0, 0.1) is 10.1 Å². The third-order valence-corrected chi connectivity index (χ3v) is 7.09. The molecule has 2 heterocycles. The summed E-state index contributed by atoms with van der Waals surface area (Å²) < 4.78 is 26.6. The summed E-state index contributed by atoms with van der Waals surface area (Å²) in [6, 6.07) is 1.25. The van der Waals surface area contributed by atoms with E-state index in [0.29, 0.717) is 19.6 Å². The number of rotatable bonds is 4. The number of nitrogens with one attached hydrogen (secondary N) is 1. The van der Waals surface area contributed by atoms with Crippen molar-refractivity contribution in [2.75, 3.05) is 39.0 Å². The van der Waals surface area contributed by atoms with E-state index >= 15 is 0 Å². The van der Waals surface area contributed by atoms with Crippen molar-refractivity contribution < 1.29 is 13.3 Å². The van der Waals surface area contributed by atoms with E-state index in [1.807, 2.05) is 14.0 Å². The summed E-state index contributed by atoms with van der Waals surface area (Å²) in [5.74, 6) is 0. The minimum absolute atomic E-state index is 0.00954. The Morgan fingerprint density at radius 3 is 2.62 bits per heavy atom. The van der Waals surface area contributed by atoms with Gasteiger partial charge in [0.1, 0.15) is 4.21 Å². The largest absolute Gasteiger partial charge is 0.374 e. The lowest BCUT2D eigenvalue weighted by Crippen LogP contribution is -2.51. The molecule has 0 spiro atoms. The quantitative estimate of drug-likeness (QED) is 0.652. The maximum Gasteiger partial charge on any atom is 0.304 e. The fraction of sp³-hybridized carbons (Fsp3) is 0.636. The van der Waals surface area contributed by atoms with Gasteiger partial charge >= 0.3 is 5.69 Å². The highest BCUT2D eigenvalue weighted by molar-refractivity contribution is 7.91. The second kappa shape index (κ2) is 5.87. The van der Waals surface area contributed by atoms with Crippen molar-refractivity contribution in [1.82, 2.24) is 9.21 Å². The van der Waals surface area contributed by atoms with Crippen LogP contribution in [0.5, 0.6) is 0 Å². The number of hydrogen-bond donors (Lipinski definition) is 1. The summed E-state index contributed by atoms with van der Waals surface area (Å²) in [6.45, 7) is 3.38. The van der Waals surface area contributed by atoms with Crippen molar-refractivity contribution in [1.29, 1.82) is 0 Å². The lowest BCUT2D eigenvalue weighted by atomic mass is 10.2. The van der Waals surface area contributed by atoms with Crippen LogP contribution < -0.4 is 5.32 Å². The first-order chi connectivity index (χ1) is 9.77. The van der Waals surface area contributed by atoms with Crippen LogP contribution in [-0.4, -0.2) is 62.3 Å². The summed E-state index contributed by atoms with van der Waals surface area (Å²) in [6.07, 6.45) is 0. The van der Waals surface area contributed by atoms with Crippen molar-refractivity contribution in [3.05, 3.63) is 16.2 Å². The minimum atomic E-state index is -3.68. The van der Waals surface area contributed by atoms with E-state index in [9.17, 15) is 18.5 Å². The second-order valence-electron chi connectivity index (χ2n) is 4.98. The van der Waals surface area contributed by atoms with Crippen LogP contribution in [0.2, 0.25) is 0 Å². The third kappa shape index (κ3) is 3.03. The molecule has 0 aliphatic carbocycles. The van der Waals surface area contributed by atoms with Crippen molar-refractivity contribution in [3.8, 4) is 0 Å². The Hall–Kier alpha value is -1.23. The number of anilines is 1. The zero-order valence-corrected chi connectivity index (χ0v) is 13.7. The predicted octanol–water partition coefficient (Wildman–Crippen LogP) is 1.02. The standard InChI is InChI=1S/C11H18N4O4S2/c1-8-7-14(5-4-13(8)3)21(18,19)10-6-9(15(16)17)11(12-2)20-10/h6,8,12H,4-5,7H2,1-3H3. The van der Waals surface area contributed by atoms with Crippen molar-refractivity contribution in [2.45, 2.75) is 17.2 Å². The van der Waals surface area contributed by atoms with E-state index in [0.717, 1.165) is 17.4 Å². The number of piperazine rings is 1. The Bertz CT molecular complexity index is 643. The van der Waals surface area contributed by atoms with Gasteiger partial charge in [0, 0.05) is 38.8 Å². The number of hydrogen-bond acceptors (Lipinski definition) is 7. The molecule has 0 aromatic carbocycles. The molecule has 1 aromatic rings. The molecule has 0 saturated carbocycles. The highest BCUT2D eigenvalue weighted by Gasteiger charge is 2.34. The maximum atomic E-state index is 12.6. The number of sulfonamides is 1. The SMILES string of the molecule is CNc1sc(S(=O)(=O)N2CCN(C)C(C)C2)cc1[N+](=O)[O-]. The van der Waals surface area contributed by atoms with Crippen LogP contribution in [0.4, 0.5) is 10.7 Å². The molecule has 1 fully saturated rings. The monoisotopic (exact) mass is 334 g/mol. The molecule has 0 radical (unpaired) electrons. The van der Waals surface area contributed by atoms with E-state index in [2.05, 4.69) is 10.2 Å². The van der Waals surface area contributed by atoms with E-state index in [4.69, 9.17) is 0 Å². The van der Waals surface area contributed by atoms with E-state index < -0.39 is 14.9 Å². The number of thiophene rings is 1. The topological polar surface area (TPSA) is 95.8 Å². The first kappa shape index (κ1) is 16.1. The predicted molar refractivity (Wildman–Crippen MR) is 81.4 cm³/mol. The Morgan fingerprint density at radius 2 is 2.14 bits per heavy atom. The molecule has 1 saturated heterocycles. The molecule has 1 atom stereocenters. The third-order valence-electron chi connectivity index (χ3n) is 3.63. The van der Waals surface area contributed by atoms with Crippen LogP contribution in [0.3, 0.4) is 0 Å². The molecule has 8 nitrogen and oxygen atoms in total. The van der Waals surface area contributed by atoms with Crippen LogP contribution in [-0.2, 0) is 10.0 Å². The average Bonchev–Trinajstić information content (AvgIpc) is 2.86. The first-order valence-corrected chi connectivity index (χ1v) is 8.69. The van der Waals surface area contributed by atoms with E-state index in [1.165, 1.54) is 11.4 Å². The normalized spacial score (nSPS) is 21.4. The number of nitro groups is 1. The molecule has 21 heavy (non-hydrogen) atoms. The van der Waals surface area contributed by atoms with Gasteiger partial charge in [-0.2, -0.15) is 4.31 Å². The molecular formula is C11H18N4O4S2. The summed E-state index contributed by atoms with van der Waals surface area (Å²) >= 11 is 0.894. The fourth-order valence-corrected chi connectivity index (χ4v) is 5.11. The second-order valence-corrected chi connectivity index (χ2v) is 8.20. The fourth-order valence-electron chi connectivity index (χ4n) is 2.16. The van der Waals surface area contributed by atoms with Crippen molar-refractivity contribution in [2.24, 2.45) is 0 Å². The molecule has 118 valence electrons. The molecular weight excluding hydrogens is 316 g/mol. The van der Waals surface area contributed by atoms with Gasteiger partial charge in [-0.15, -0.1) is 0 Å². The Balaban J connectivity index is 2.34. The summed E-state index contributed by atoms with van der Waals surface area (Å²) in [5, 5.41) is 13.9. The number of likely N-dealkylation sites (N-methyl/N-ethyl adjacent to an activating group) is 1. The van der Waals surface area contributed by atoms with Crippen LogP contribution in [0.1, 0.15) is 6.92 Å². The van der Waals surface area contributed by atoms with Crippen molar-refractivity contribution in [3.63, 3.8) is 0 Å². The van der Waals surface area contributed by atoms with Crippen LogP contribution in [0.15, 0.2) is 10.3 Å². The molecule has 10 heteroatoms. The Labute approximate surface area is 127 Å². The highest BCUT2D eigenvalue weighted by atomic mass is 32.2. The average molecular weight is 334 g/mol. The minimum Gasteiger partial charge on any atom is -0.374 e. The van der Waals surface area contributed by atoms with Gasteiger partial charge < -0.3 is 10.2 Å². The summed E-state index contributed by atoms with van der Waals surface area (Å²) in [4.78, 5) is 12.5. The molecule has 1 aliphatic rings. The van der Waals surface area contributed by atoms with Gasteiger partial charge in [0.2, 0.25) is 0 Å². The molecule has 0 amide bonds. The molecule has 0 bridgehead atoms. The van der Waals surface area contributed by atoms with E-state index in [1.54, 1.807) is 0 Å². The smallest absolute Gasteiger partial charge is 0.304 e. The van der Waals surface area contributed by atoms with Gasteiger partial charge in [0.25, 0.3) is 10.0 Å². The lowest BCUT2D eigenvalue weighted by Gasteiger charge is -2.36. The molecule has 2 rings (SSSR count). The Morgan fingerprint density at radius 1 is 1.48 bits per heavy atom. The summed E-state index contributed by atoms with van der Waals surface area (Å²) in [5.41, 5.74) is -0.205. The van der Waals surface area contributed by atoms with Gasteiger partial charge in [-0.3, -0.25) is 10.1 Å². The molecule has 1 unspecified atom stereocenters.